The Morgan fingerprint density at radius 3 is 2.57 bits per heavy atom. The van der Waals surface area contributed by atoms with Crippen molar-refractivity contribution in [2.24, 2.45) is 11.8 Å². The predicted octanol–water partition coefficient (Wildman–Crippen LogP) is 2.87. The summed E-state index contributed by atoms with van der Waals surface area (Å²) in [4.78, 5) is 2.66. The highest BCUT2D eigenvalue weighted by atomic mass is 15.2. The summed E-state index contributed by atoms with van der Waals surface area (Å²) in [6.45, 7) is 12.0. The molecule has 3 nitrogen and oxygen atoms in total. The molecule has 0 aromatic rings. The highest BCUT2D eigenvalue weighted by Crippen LogP contribution is 2.22. The van der Waals surface area contributed by atoms with Crippen LogP contribution in [0.15, 0.2) is 0 Å². The lowest BCUT2D eigenvalue weighted by atomic mass is 9.89. The Labute approximate surface area is 132 Å². The summed E-state index contributed by atoms with van der Waals surface area (Å²) in [7, 11) is 0. The van der Waals surface area contributed by atoms with Gasteiger partial charge in [-0.2, -0.15) is 0 Å². The molecule has 1 aliphatic heterocycles. The Morgan fingerprint density at radius 1 is 1.00 bits per heavy atom. The van der Waals surface area contributed by atoms with Crippen molar-refractivity contribution < 1.29 is 0 Å². The molecule has 2 aliphatic rings. The van der Waals surface area contributed by atoms with Gasteiger partial charge in [0, 0.05) is 25.7 Å². The van der Waals surface area contributed by atoms with Crippen molar-refractivity contribution in [2.45, 2.75) is 64.8 Å². The Hall–Kier alpha value is -0.120. The summed E-state index contributed by atoms with van der Waals surface area (Å²) in [5, 5.41) is 7.25. The van der Waals surface area contributed by atoms with Crippen LogP contribution < -0.4 is 10.6 Å². The maximum Gasteiger partial charge on any atom is 0.0107 e. The standard InChI is InChI=1S/C18H37N3/c1-16(2)20-10-8-18-9-12-21(15-18)13-11-19-14-17-6-4-3-5-7-17/h16-20H,3-15H2,1-2H3. The minimum absolute atomic E-state index is 0.631. The van der Waals surface area contributed by atoms with Crippen LogP contribution in [-0.4, -0.2) is 50.2 Å². The zero-order valence-electron chi connectivity index (χ0n) is 14.4. The monoisotopic (exact) mass is 295 g/mol. The average molecular weight is 296 g/mol. The average Bonchev–Trinajstić information content (AvgIpc) is 2.92. The summed E-state index contributed by atoms with van der Waals surface area (Å²) >= 11 is 0. The second kappa shape index (κ2) is 9.81. The van der Waals surface area contributed by atoms with E-state index < -0.39 is 0 Å². The van der Waals surface area contributed by atoms with Crippen LogP contribution in [-0.2, 0) is 0 Å². The fourth-order valence-corrected chi connectivity index (χ4v) is 3.86. The van der Waals surface area contributed by atoms with Crippen molar-refractivity contribution in [3.05, 3.63) is 0 Å². The molecule has 1 aliphatic carbocycles. The zero-order chi connectivity index (χ0) is 14.9. The molecule has 1 unspecified atom stereocenters. The van der Waals surface area contributed by atoms with E-state index in [1.54, 1.807) is 0 Å². The largest absolute Gasteiger partial charge is 0.315 e. The van der Waals surface area contributed by atoms with E-state index in [0.29, 0.717) is 6.04 Å². The third-order valence-corrected chi connectivity index (χ3v) is 5.24. The number of rotatable bonds is 9. The second-order valence-corrected chi connectivity index (χ2v) is 7.56. The molecule has 124 valence electrons. The van der Waals surface area contributed by atoms with E-state index in [1.807, 2.05) is 0 Å². The van der Waals surface area contributed by atoms with E-state index in [9.17, 15) is 0 Å². The molecule has 21 heavy (non-hydrogen) atoms. The molecule has 3 heteroatoms. The SMILES string of the molecule is CC(C)NCCC1CCN(CCNCC2CCCCC2)C1. The van der Waals surface area contributed by atoms with Crippen molar-refractivity contribution in [3.8, 4) is 0 Å². The number of hydrogen-bond donors (Lipinski definition) is 2. The molecule has 0 radical (unpaired) electrons. The van der Waals surface area contributed by atoms with Gasteiger partial charge in [-0.3, -0.25) is 0 Å². The molecule has 0 aromatic carbocycles. The summed E-state index contributed by atoms with van der Waals surface area (Å²) in [5.41, 5.74) is 0. The minimum Gasteiger partial charge on any atom is -0.315 e. The van der Waals surface area contributed by atoms with Gasteiger partial charge in [0.1, 0.15) is 0 Å². The molecule has 0 aromatic heterocycles. The maximum absolute atomic E-state index is 3.70. The van der Waals surface area contributed by atoms with Crippen LogP contribution in [0.25, 0.3) is 0 Å². The van der Waals surface area contributed by atoms with Crippen molar-refractivity contribution in [1.82, 2.24) is 15.5 Å². The molecular formula is C18H37N3. The van der Waals surface area contributed by atoms with E-state index in [4.69, 9.17) is 0 Å². The molecular weight excluding hydrogens is 258 g/mol. The summed E-state index contributed by atoms with van der Waals surface area (Å²) in [6, 6.07) is 0.631. The normalized spacial score (nSPS) is 25.0. The highest BCUT2D eigenvalue weighted by Gasteiger charge is 2.21. The first kappa shape index (κ1) is 17.2. The number of nitrogens with zero attached hydrogens (tertiary/aromatic N) is 1. The molecule has 2 N–H and O–H groups in total. The summed E-state index contributed by atoms with van der Waals surface area (Å²) in [6.07, 6.45) is 10.1. The maximum atomic E-state index is 3.70. The van der Waals surface area contributed by atoms with E-state index in [0.717, 1.165) is 11.8 Å². The number of likely N-dealkylation sites (tertiary alicyclic amines) is 1. The van der Waals surface area contributed by atoms with Gasteiger partial charge < -0.3 is 15.5 Å². The van der Waals surface area contributed by atoms with Crippen LogP contribution in [0, 0.1) is 11.8 Å². The third kappa shape index (κ3) is 7.12. The number of nitrogens with one attached hydrogen (secondary N) is 2. The fraction of sp³-hybridized carbons (Fsp3) is 1.00. The van der Waals surface area contributed by atoms with E-state index in [-0.39, 0.29) is 0 Å². The second-order valence-electron chi connectivity index (χ2n) is 7.56. The van der Waals surface area contributed by atoms with Gasteiger partial charge in [0.25, 0.3) is 0 Å². The highest BCUT2D eigenvalue weighted by molar-refractivity contribution is 4.77. The van der Waals surface area contributed by atoms with Crippen LogP contribution in [0.2, 0.25) is 0 Å². The molecule has 1 atom stereocenters. The molecule has 0 bridgehead atoms. The molecule has 2 fully saturated rings. The minimum atomic E-state index is 0.631. The van der Waals surface area contributed by atoms with Crippen LogP contribution in [0.3, 0.4) is 0 Å². The van der Waals surface area contributed by atoms with Gasteiger partial charge in [0.05, 0.1) is 0 Å². The topological polar surface area (TPSA) is 27.3 Å². The predicted molar refractivity (Wildman–Crippen MR) is 91.7 cm³/mol. The lowest BCUT2D eigenvalue weighted by molar-refractivity contribution is 0.300. The lowest BCUT2D eigenvalue weighted by Crippen LogP contribution is -2.33. The van der Waals surface area contributed by atoms with Gasteiger partial charge >= 0.3 is 0 Å². The molecule has 0 spiro atoms. The van der Waals surface area contributed by atoms with Gasteiger partial charge in [-0.25, -0.2) is 0 Å². The first-order valence-electron chi connectivity index (χ1n) is 9.40. The van der Waals surface area contributed by atoms with Crippen molar-refractivity contribution in [2.75, 3.05) is 39.3 Å². The summed E-state index contributed by atoms with van der Waals surface area (Å²) in [5.74, 6) is 1.89. The van der Waals surface area contributed by atoms with E-state index in [2.05, 4.69) is 29.4 Å². The zero-order valence-corrected chi connectivity index (χ0v) is 14.4. The molecule has 1 saturated heterocycles. The Kier molecular flexibility index (Phi) is 8.05. The van der Waals surface area contributed by atoms with Crippen LogP contribution in [0.4, 0.5) is 0 Å². The molecule has 2 rings (SSSR count). The fourth-order valence-electron chi connectivity index (χ4n) is 3.86. The van der Waals surface area contributed by atoms with Gasteiger partial charge in [-0.15, -0.1) is 0 Å². The molecule has 0 amide bonds. The Bertz CT molecular complexity index is 261. The first-order valence-corrected chi connectivity index (χ1v) is 9.40. The molecule has 1 saturated carbocycles. The number of hydrogen-bond acceptors (Lipinski definition) is 3. The van der Waals surface area contributed by atoms with Crippen LogP contribution >= 0.6 is 0 Å². The molecule has 1 heterocycles. The third-order valence-electron chi connectivity index (χ3n) is 5.24. The van der Waals surface area contributed by atoms with Gasteiger partial charge in [0.2, 0.25) is 0 Å². The van der Waals surface area contributed by atoms with Gasteiger partial charge in [0.15, 0.2) is 0 Å². The van der Waals surface area contributed by atoms with E-state index >= 15 is 0 Å². The first-order chi connectivity index (χ1) is 10.2. The van der Waals surface area contributed by atoms with Crippen molar-refractivity contribution in [1.29, 1.82) is 0 Å². The van der Waals surface area contributed by atoms with E-state index in [1.165, 1.54) is 84.2 Å². The smallest absolute Gasteiger partial charge is 0.0107 e. The van der Waals surface area contributed by atoms with Crippen molar-refractivity contribution >= 4 is 0 Å². The van der Waals surface area contributed by atoms with Gasteiger partial charge in [-0.05, 0) is 57.2 Å². The Balaban J connectivity index is 1.46. The van der Waals surface area contributed by atoms with Crippen LogP contribution in [0.5, 0.6) is 0 Å². The lowest BCUT2D eigenvalue weighted by Gasteiger charge is -2.23. The quantitative estimate of drug-likeness (QED) is 0.641. The Morgan fingerprint density at radius 2 is 1.81 bits per heavy atom. The van der Waals surface area contributed by atoms with Crippen LogP contribution in [0.1, 0.15) is 58.8 Å². The van der Waals surface area contributed by atoms with Gasteiger partial charge in [-0.1, -0.05) is 33.1 Å². The van der Waals surface area contributed by atoms with Crippen molar-refractivity contribution in [3.63, 3.8) is 0 Å². The summed E-state index contributed by atoms with van der Waals surface area (Å²) < 4.78 is 0.